The maximum Gasteiger partial charge on any atom is 0.158 e. The highest BCUT2D eigenvalue weighted by Gasteiger charge is 2.06. The van der Waals surface area contributed by atoms with Gasteiger partial charge in [0.2, 0.25) is 0 Å². The molecule has 0 spiro atoms. The first-order valence-corrected chi connectivity index (χ1v) is 3.89. The molecule has 60 valence electrons. The highest BCUT2D eigenvalue weighted by atomic mass is 79.9. The first-order chi connectivity index (χ1) is 5.24. The largest absolute Gasteiger partial charge is 0.384 e. The maximum absolute atomic E-state index is 9.15. The van der Waals surface area contributed by atoms with Crippen LogP contribution in [0.3, 0.4) is 0 Å². The van der Waals surface area contributed by atoms with E-state index in [9.17, 15) is 0 Å². The number of hydrogen-bond donors (Lipinski definition) is 2. The quantitative estimate of drug-likeness (QED) is 0.745. The Morgan fingerprint density at radius 1 is 1.55 bits per heavy atom. The molecular formula is C6H8BrN3O. The molecule has 0 unspecified atom stereocenters. The van der Waals surface area contributed by atoms with Gasteiger partial charge in [-0.05, 0) is 15.9 Å². The van der Waals surface area contributed by atoms with E-state index in [-0.39, 0.29) is 6.54 Å². The number of halogens is 1. The lowest BCUT2D eigenvalue weighted by Crippen LogP contribution is -2.14. The summed E-state index contributed by atoms with van der Waals surface area (Å²) < 4.78 is 0.783. The molecule has 0 amide bonds. The van der Waals surface area contributed by atoms with Crippen LogP contribution in [-0.2, 0) is 0 Å². The van der Waals surface area contributed by atoms with Crippen LogP contribution in [0.1, 0.15) is 11.9 Å². The molecule has 0 aliphatic rings. The predicted octanol–water partition coefficient (Wildman–Crippen LogP) is 0.231. The van der Waals surface area contributed by atoms with Crippen molar-refractivity contribution in [1.29, 1.82) is 0 Å². The third-order valence-corrected chi connectivity index (χ3v) is 1.57. The zero-order valence-corrected chi connectivity index (χ0v) is 7.32. The van der Waals surface area contributed by atoms with Gasteiger partial charge in [0.25, 0.3) is 0 Å². The van der Waals surface area contributed by atoms with Gasteiger partial charge in [-0.2, -0.15) is 0 Å². The van der Waals surface area contributed by atoms with Gasteiger partial charge in [0, 0.05) is 18.9 Å². The van der Waals surface area contributed by atoms with Crippen molar-refractivity contribution in [1.82, 2.24) is 9.97 Å². The summed E-state index contributed by atoms with van der Waals surface area (Å²) in [6, 6.07) is 0. The number of nitrogens with zero attached hydrogens (tertiary/aromatic N) is 2. The fourth-order valence-corrected chi connectivity index (χ4v) is 0.805. The lowest BCUT2D eigenvalue weighted by Gasteiger charge is -2.03. The molecule has 0 saturated carbocycles. The molecule has 0 fully saturated rings. The van der Waals surface area contributed by atoms with Gasteiger partial charge in [-0.1, -0.05) is 0 Å². The summed E-state index contributed by atoms with van der Waals surface area (Å²) in [5.41, 5.74) is 5.20. The van der Waals surface area contributed by atoms with Crippen LogP contribution in [0, 0.1) is 0 Å². The van der Waals surface area contributed by atoms with Gasteiger partial charge in [-0.15, -0.1) is 0 Å². The molecule has 0 saturated heterocycles. The number of aromatic nitrogens is 2. The van der Waals surface area contributed by atoms with Gasteiger partial charge >= 0.3 is 0 Å². The summed E-state index contributed by atoms with van der Waals surface area (Å²) in [4.78, 5) is 7.72. The molecule has 1 atom stereocenters. The Labute approximate surface area is 72.6 Å². The minimum Gasteiger partial charge on any atom is -0.384 e. The van der Waals surface area contributed by atoms with Crippen LogP contribution in [0.4, 0.5) is 0 Å². The molecule has 1 aromatic heterocycles. The first kappa shape index (κ1) is 8.58. The lowest BCUT2D eigenvalue weighted by molar-refractivity contribution is 0.176. The monoisotopic (exact) mass is 217 g/mol. The average Bonchev–Trinajstić information content (AvgIpc) is 2.05. The van der Waals surface area contributed by atoms with E-state index in [1.807, 2.05) is 0 Å². The van der Waals surface area contributed by atoms with Crippen molar-refractivity contribution < 1.29 is 5.11 Å². The molecule has 0 aromatic carbocycles. The van der Waals surface area contributed by atoms with Crippen molar-refractivity contribution in [2.75, 3.05) is 6.54 Å². The molecule has 4 nitrogen and oxygen atoms in total. The summed E-state index contributed by atoms with van der Waals surface area (Å²) in [6.45, 7) is 0.141. The van der Waals surface area contributed by atoms with E-state index < -0.39 is 6.10 Å². The van der Waals surface area contributed by atoms with Crippen LogP contribution in [0.15, 0.2) is 16.9 Å². The van der Waals surface area contributed by atoms with E-state index >= 15 is 0 Å². The van der Waals surface area contributed by atoms with E-state index in [2.05, 4.69) is 25.9 Å². The van der Waals surface area contributed by atoms with E-state index in [4.69, 9.17) is 10.8 Å². The minimum absolute atomic E-state index is 0.141. The zero-order chi connectivity index (χ0) is 8.27. The van der Waals surface area contributed by atoms with Crippen LogP contribution in [-0.4, -0.2) is 21.6 Å². The van der Waals surface area contributed by atoms with Gasteiger partial charge in [-0.3, -0.25) is 0 Å². The Morgan fingerprint density at radius 3 is 2.55 bits per heavy atom. The molecule has 3 N–H and O–H groups in total. The SMILES string of the molecule is NC[C@@H](O)c1ncc(Br)cn1. The molecule has 5 heteroatoms. The second-order valence-corrected chi connectivity index (χ2v) is 2.93. The van der Waals surface area contributed by atoms with Gasteiger partial charge in [0.15, 0.2) is 5.82 Å². The number of rotatable bonds is 2. The fraction of sp³-hybridized carbons (Fsp3) is 0.333. The van der Waals surface area contributed by atoms with E-state index in [0.717, 1.165) is 4.47 Å². The zero-order valence-electron chi connectivity index (χ0n) is 5.74. The molecule has 0 aliphatic heterocycles. The highest BCUT2D eigenvalue weighted by Crippen LogP contribution is 2.08. The highest BCUT2D eigenvalue weighted by molar-refractivity contribution is 9.10. The topological polar surface area (TPSA) is 72.0 Å². The Kier molecular flexibility index (Phi) is 2.92. The molecule has 1 heterocycles. The Hall–Kier alpha value is -0.520. The van der Waals surface area contributed by atoms with Crippen molar-refractivity contribution >= 4 is 15.9 Å². The summed E-state index contributed by atoms with van der Waals surface area (Å²) in [6.07, 6.45) is 2.38. The number of hydrogen-bond acceptors (Lipinski definition) is 4. The smallest absolute Gasteiger partial charge is 0.158 e. The number of aliphatic hydroxyl groups excluding tert-OH is 1. The average molecular weight is 218 g/mol. The van der Waals surface area contributed by atoms with Crippen molar-refractivity contribution in [3.63, 3.8) is 0 Å². The Balaban J connectivity index is 2.81. The van der Waals surface area contributed by atoms with Crippen LogP contribution in [0.2, 0.25) is 0 Å². The standard InChI is InChI=1S/C6H8BrN3O/c7-4-2-9-6(10-3-4)5(11)1-8/h2-3,5,11H,1,8H2/t5-/m1/s1. The first-order valence-electron chi connectivity index (χ1n) is 3.09. The summed E-state index contributed by atoms with van der Waals surface area (Å²) in [5.74, 6) is 0.357. The third kappa shape index (κ3) is 2.21. The van der Waals surface area contributed by atoms with E-state index in [1.165, 1.54) is 0 Å². The molecule has 0 bridgehead atoms. The fourth-order valence-electron chi connectivity index (χ4n) is 0.600. The molecule has 11 heavy (non-hydrogen) atoms. The van der Waals surface area contributed by atoms with Crippen molar-refractivity contribution in [2.45, 2.75) is 6.10 Å². The molecule has 0 radical (unpaired) electrons. The summed E-state index contributed by atoms with van der Waals surface area (Å²) in [7, 11) is 0. The van der Waals surface area contributed by atoms with Gasteiger partial charge in [0.1, 0.15) is 6.10 Å². The Morgan fingerprint density at radius 2 is 2.09 bits per heavy atom. The molecule has 0 aliphatic carbocycles. The van der Waals surface area contributed by atoms with Gasteiger partial charge < -0.3 is 10.8 Å². The molecule has 1 rings (SSSR count). The van der Waals surface area contributed by atoms with Crippen LogP contribution in [0.5, 0.6) is 0 Å². The second-order valence-electron chi connectivity index (χ2n) is 2.01. The van der Waals surface area contributed by atoms with Crippen LogP contribution >= 0.6 is 15.9 Å². The minimum atomic E-state index is -0.761. The van der Waals surface area contributed by atoms with Crippen molar-refractivity contribution in [2.24, 2.45) is 5.73 Å². The number of aliphatic hydroxyl groups is 1. The predicted molar refractivity (Wildman–Crippen MR) is 43.7 cm³/mol. The molecule has 1 aromatic rings. The third-order valence-electron chi connectivity index (χ3n) is 1.16. The molecular weight excluding hydrogens is 210 g/mol. The van der Waals surface area contributed by atoms with Gasteiger partial charge in [-0.25, -0.2) is 9.97 Å². The summed E-state index contributed by atoms with van der Waals surface area (Å²) >= 11 is 3.18. The number of nitrogens with two attached hydrogens (primary N) is 1. The lowest BCUT2D eigenvalue weighted by atomic mass is 10.3. The normalized spacial score (nSPS) is 13.0. The van der Waals surface area contributed by atoms with Crippen molar-refractivity contribution in [3.05, 3.63) is 22.7 Å². The Bertz CT molecular complexity index is 226. The van der Waals surface area contributed by atoms with Gasteiger partial charge in [0.05, 0.1) is 4.47 Å². The van der Waals surface area contributed by atoms with Crippen molar-refractivity contribution in [3.8, 4) is 0 Å². The maximum atomic E-state index is 9.15. The van der Waals surface area contributed by atoms with E-state index in [1.54, 1.807) is 12.4 Å². The second kappa shape index (κ2) is 3.75. The van der Waals surface area contributed by atoms with E-state index in [0.29, 0.717) is 5.82 Å². The van der Waals surface area contributed by atoms with Crippen LogP contribution in [0.25, 0.3) is 0 Å². The summed E-state index contributed by atoms with van der Waals surface area (Å²) in [5, 5.41) is 9.15. The van der Waals surface area contributed by atoms with Crippen LogP contribution < -0.4 is 5.73 Å².